The third-order valence-electron chi connectivity index (χ3n) is 7.84. The Kier molecular flexibility index (Phi) is 7.49. The average molecular weight is 522 g/mol. The van der Waals surface area contributed by atoms with E-state index in [-0.39, 0.29) is 24.2 Å². The average Bonchev–Trinajstić information content (AvgIpc) is 3.44. The van der Waals surface area contributed by atoms with Gasteiger partial charge in [0.1, 0.15) is 17.5 Å². The third-order valence-corrected chi connectivity index (χ3v) is 8.89. The Morgan fingerprint density at radius 1 is 1.06 bits per heavy atom. The highest BCUT2D eigenvalue weighted by Gasteiger charge is 2.47. The van der Waals surface area contributed by atoms with E-state index in [0.29, 0.717) is 17.4 Å². The minimum atomic E-state index is -0.918. The van der Waals surface area contributed by atoms with Crippen molar-refractivity contribution in [3.05, 3.63) is 87.1 Å². The van der Waals surface area contributed by atoms with Crippen molar-refractivity contribution in [2.75, 3.05) is 0 Å². The molecule has 5 rings (SSSR count). The smallest absolute Gasteiger partial charge is 0.231 e. The van der Waals surface area contributed by atoms with Crippen LogP contribution in [0.15, 0.2) is 65.4 Å². The fourth-order valence-electron chi connectivity index (χ4n) is 5.73. The van der Waals surface area contributed by atoms with Crippen LogP contribution in [0.2, 0.25) is 5.02 Å². The number of nitrogens with one attached hydrogen (secondary N) is 1. The van der Waals surface area contributed by atoms with Crippen molar-refractivity contribution >= 4 is 34.6 Å². The second-order valence-electron chi connectivity index (χ2n) is 10.1. The summed E-state index contributed by atoms with van der Waals surface area (Å²) >= 11 is 7.89. The number of hydrogen-bond donors (Lipinski definition) is 1. The molecule has 1 amide bonds. The molecule has 1 aliphatic carbocycles. The van der Waals surface area contributed by atoms with E-state index >= 15 is 0 Å². The molecule has 0 spiro atoms. The Hall–Kier alpha value is -2.63. The molecule has 1 saturated heterocycles. The molecule has 2 aliphatic rings. The standard InChI is InChI=1S/C30H32ClNO3S/c1-20(21-8-3-2-4-9-21)35-25-12-7-11-23(17-25)30(24-14-15-36-19-24)18-28(33)26(29(34)32-30)16-22-10-5-6-13-27(22)31/h5-7,10-15,17,19-21,26H,2-4,8-9,16,18H2,1H3,(H,32,34). The Balaban J connectivity index is 1.42. The molecule has 1 aromatic heterocycles. The van der Waals surface area contributed by atoms with E-state index in [1.807, 2.05) is 59.3 Å². The summed E-state index contributed by atoms with van der Waals surface area (Å²) in [6, 6.07) is 17.3. The molecule has 4 nitrogen and oxygen atoms in total. The van der Waals surface area contributed by atoms with Crippen LogP contribution in [0.3, 0.4) is 0 Å². The quantitative estimate of drug-likeness (QED) is 0.342. The number of carbonyl (C=O) groups excluding carboxylic acids is 2. The highest BCUT2D eigenvalue weighted by Crippen LogP contribution is 2.41. The molecule has 2 fully saturated rings. The molecule has 1 aliphatic heterocycles. The summed E-state index contributed by atoms with van der Waals surface area (Å²) in [5.41, 5.74) is 1.68. The molecule has 2 aromatic carbocycles. The molecule has 6 heteroatoms. The number of amides is 1. The normalized spacial score (nSPS) is 23.8. The van der Waals surface area contributed by atoms with Crippen LogP contribution in [0, 0.1) is 11.8 Å². The Bertz CT molecular complexity index is 1200. The van der Waals surface area contributed by atoms with Gasteiger partial charge >= 0.3 is 0 Å². The molecule has 36 heavy (non-hydrogen) atoms. The first-order chi connectivity index (χ1) is 17.5. The van der Waals surface area contributed by atoms with Gasteiger partial charge < -0.3 is 10.1 Å². The molecule has 2 heterocycles. The zero-order valence-corrected chi connectivity index (χ0v) is 22.1. The summed E-state index contributed by atoms with van der Waals surface area (Å²) in [4.78, 5) is 27.0. The van der Waals surface area contributed by atoms with Crippen molar-refractivity contribution in [3.8, 4) is 5.75 Å². The highest BCUT2D eigenvalue weighted by atomic mass is 35.5. The monoisotopic (exact) mass is 521 g/mol. The van der Waals surface area contributed by atoms with Crippen molar-refractivity contribution in [1.29, 1.82) is 0 Å². The lowest BCUT2D eigenvalue weighted by molar-refractivity contribution is -0.140. The van der Waals surface area contributed by atoms with Gasteiger partial charge in [0.2, 0.25) is 5.91 Å². The lowest BCUT2D eigenvalue weighted by atomic mass is 9.73. The number of carbonyl (C=O) groups is 2. The maximum absolute atomic E-state index is 13.5. The SMILES string of the molecule is CC(Oc1cccc(C2(c3ccsc3)CC(=O)C(Cc3ccccc3Cl)C(=O)N2)c1)C1CCCCC1. The number of benzene rings is 2. The van der Waals surface area contributed by atoms with Gasteiger partial charge in [0.15, 0.2) is 0 Å². The third kappa shape index (κ3) is 5.09. The topological polar surface area (TPSA) is 55.4 Å². The number of piperidine rings is 1. The predicted octanol–water partition coefficient (Wildman–Crippen LogP) is 6.94. The molecule has 1 N–H and O–H groups in total. The van der Waals surface area contributed by atoms with Gasteiger partial charge in [-0.3, -0.25) is 9.59 Å². The lowest BCUT2D eigenvalue weighted by Crippen LogP contribution is -2.57. The highest BCUT2D eigenvalue weighted by molar-refractivity contribution is 7.08. The first-order valence-corrected chi connectivity index (χ1v) is 14.2. The number of ketones is 1. The molecular weight excluding hydrogens is 490 g/mol. The van der Waals surface area contributed by atoms with E-state index in [1.165, 1.54) is 32.1 Å². The molecule has 0 radical (unpaired) electrons. The van der Waals surface area contributed by atoms with Gasteiger partial charge in [-0.05, 0) is 83.8 Å². The maximum atomic E-state index is 13.5. The zero-order valence-electron chi connectivity index (χ0n) is 20.5. The van der Waals surface area contributed by atoms with Crippen molar-refractivity contribution in [3.63, 3.8) is 0 Å². The van der Waals surface area contributed by atoms with Gasteiger partial charge in [0, 0.05) is 11.4 Å². The van der Waals surface area contributed by atoms with Gasteiger partial charge in [-0.1, -0.05) is 61.2 Å². The van der Waals surface area contributed by atoms with Crippen LogP contribution in [0.4, 0.5) is 0 Å². The van der Waals surface area contributed by atoms with Crippen LogP contribution in [0.25, 0.3) is 0 Å². The van der Waals surface area contributed by atoms with Crippen LogP contribution in [0.1, 0.15) is 62.1 Å². The van der Waals surface area contributed by atoms with Crippen molar-refractivity contribution in [1.82, 2.24) is 5.32 Å². The van der Waals surface area contributed by atoms with Crippen molar-refractivity contribution < 1.29 is 14.3 Å². The lowest BCUT2D eigenvalue weighted by Gasteiger charge is -2.40. The molecule has 188 valence electrons. The minimum Gasteiger partial charge on any atom is -0.490 e. The number of Topliss-reactive ketones (excluding diaryl/α,β-unsaturated/α-hetero) is 1. The molecule has 3 unspecified atom stereocenters. The Morgan fingerprint density at radius 3 is 2.58 bits per heavy atom. The van der Waals surface area contributed by atoms with Gasteiger partial charge in [-0.25, -0.2) is 0 Å². The van der Waals surface area contributed by atoms with E-state index in [4.69, 9.17) is 16.3 Å². The molecule has 1 saturated carbocycles. The fourth-order valence-corrected chi connectivity index (χ4v) is 6.68. The van der Waals surface area contributed by atoms with Gasteiger partial charge in [0.05, 0.1) is 11.6 Å². The number of hydrogen-bond acceptors (Lipinski definition) is 4. The van der Waals surface area contributed by atoms with E-state index < -0.39 is 11.5 Å². The van der Waals surface area contributed by atoms with Gasteiger partial charge in [-0.2, -0.15) is 11.3 Å². The number of ether oxygens (including phenoxy) is 1. The van der Waals surface area contributed by atoms with Crippen molar-refractivity contribution in [2.45, 2.75) is 63.5 Å². The summed E-state index contributed by atoms with van der Waals surface area (Å²) in [6.07, 6.45) is 6.87. The summed E-state index contributed by atoms with van der Waals surface area (Å²) in [6.45, 7) is 2.16. The zero-order chi connectivity index (χ0) is 25.1. The Labute approximate surface area is 222 Å². The first-order valence-electron chi connectivity index (χ1n) is 12.8. The molecular formula is C30H32ClNO3S. The second kappa shape index (κ2) is 10.8. The van der Waals surface area contributed by atoms with Gasteiger partial charge in [-0.15, -0.1) is 0 Å². The summed E-state index contributed by atoms with van der Waals surface area (Å²) in [5.74, 6) is 0.239. The summed E-state index contributed by atoms with van der Waals surface area (Å²) in [5, 5.41) is 7.83. The predicted molar refractivity (Wildman–Crippen MR) is 145 cm³/mol. The van der Waals surface area contributed by atoms with Crippen LogP contribution >= 0.6 is 22.9 Å². The minimum absolute atomic E-state index is 0.0771. The van der Waals surface area contributed by atoms with E-state index in [9.17, 15) is 9.59 Å². The van der Waals surface area contributed by atoms with Crippen LogP contribution in [-0.4, -0.2) is 17.8 Å². The number of rotatable bonds is 7. The van der Waals surface area contributed by atoms with Gasteiger partial charge in [0.25, 0.3) is 0 Å². The van der Waals surface area contributed by atoms with Crippen LogP contribution in [-0.2, 0) is 21.5 Å². The maximum Gasteiger partial charge on any atom is 0.231 e. The molecule has 3 atom stereocenters. The van der Waals surface area contributed by atoms with E-state index in [2.05, 4.69) is 12.2 Å². The summed E-state index contributed by atoms with van der Waals surface area (Å²) < 4.78 is 6.40. The largest absolute Gasteiger partial charge is 0.490 e. The van der Waals surface area contributed by atoms with Crippen LogP contribution in [0.5, 0.6) is 5.75 Å². The van der Waals surface area contributed by atoms with E-state index in [0.717, 1.165) is 22.4 Å². The van der Waals surface area contributed by atoms with E-state index in [1.54, 1.807) is 17.4 Å². The number of thiophene rings is 1. The van der Waals surface area contributed by atoms with Crippen LogP contribution < -0.4 is 10.1 Å². The fraction of sp³-hybridized carbons (Fsp3) is 0.400. The molecule has 0 bridgehead atoms. The van der Waals surface area contributed by atoms with Crippen molar-refractivity contribution in [2.24, 2.45) is 11.8 Å². The Morgan fingerprint density at radius 2 is 1.86 bits per heavy atom. The molecule has 3 aromatic rings. The second-order valence-corrected chi connectivity index (χ2v) is 11.3. The number of halogens is 1. The first kappa shape index (κ1) is 25.0. The summed E-state index contributed by atoms with van der Waals surface area (Å²) in [7, 11) is 0.